The average Bonchev–Trinajstić information content (AvgIpc) is 2.70. The molecule has 0 bridgehead atoms. The van der Waals surface area contributed by atoms with Crippen molar-refractivity contribution in [3.63, 3.8) is 0 Å². The van der Waals surface area contributed by atoms with E-state index in [2.05, 4.69) is 29.3 Å². The molecule has 0 aliphatic carbocycles. The Bertz CT molecular complexity index is 493. The van der Waals surface area contributed by atoms with Gasteiger partial charge in [-0.3, -0.25) is 0 Å². The zero-order valence-electron chi connectivity index (χ0n) is 12.7. The molecule has 3 rings (SSSR count). The third kappa shape index (κ3) is 2.91. The minimum absolute atomic E-state index is 0.536. The number of rotatable bonds is 3. The summed E-state index contributed by atoms with van der Waals surface area (Å²) in [5.41, 5.74) is 2.66. The molecule has 0 saturated carbocycles. The second-order valence-corrected chi connectivity index (χ2v) is 6.17. The van der Waals surface area contributed by atoms with E-state index in [9.17, 15) is 0 Å². The Balaban J connectivity index is 1.68. The fourth-order valence-corrected chi connectivity index (χ4v) is 2.90. The van der Waals surface area contributed by atoms with Crippen molar-refractivity contribution in [2.24, 2.45) is 0 Å². The van der Waals surface area contributed by atoms with Crippen LogP contribution in [0.1, 0.15) is 25.0 Å². The highest BCUT2D eigenvalue weighted by molar-refractivity contribution is 5.49. The topological polar surface area (TPSA) is 33.7 Å². The summed E-state index contributed by atoms with van der Waals surface area (Å²) in [6, 6.07) is 4.26. The van der Waals surface area contributed by atoms with Gasteiger partial charge in [0.15, 0.2) is 11.5 Å². The monoisotopic (exact) mass is 276 g/mol. The lowest BCUT2D eigenvalue weighted by atomic mass is 10.0. The number of nitrogens with one attached hydrogen (secondary N) is 1. The molecule has 20 heavy (non-hydrogen) atoms. The largest absolute Gasteiger partial charge is 0.449 e. The van der Waals surface area contributed by atoms with Crippen molar-refractivity contribution in [2.45, 2.75) is 33.0 Å². The number of hydrogen-bond donors (Lipinski definition) is 1. The standard InChI is InChI=1S/C16H24N2O2/c1-12-10-14-15(20-16(2,3)19-14)11-13(12)4-7-18-8-5-17-6-9-18/h10-11,17H,4-9H2,1-3H3. The van der Waals surface area contributed by atoms with Crippen molar-refractivity contribution in [1.82, 2.24) is 10.2 Å². The summed E-state index contributed by atoms with van der Waals surface area (Å²) in [5.74, 6) is 1.22. The zero-order chi connectivity index (χ0) is 14.2. The molecule has 110 valence electrons. The first-order valence-electron chi connectivity index (χ1n) is 7.48. The molecule has 4 heteroatoms. The molecule has 4 nitrogen and oxygen atoms in total. The van der Waals surface area contributed by atoms with Crippen LogP contribution in [0.3, 0.4) is 0 Å². The number of hydrogen-bond acceptors (Lipinski definition) is 4. The molecule has 1 fully saturated rings. The van der Waals surface area contributed by atoms with E-state index in [1.807, 2.05) is 13.8 Å². The molecule has 1 N–H and O–H groups in total. The first-order chi connectivity index (χ1) is 9.53. The van der Waals surface area contributed by atoms with Crippen molar-refractivity contribution in [3.8, 4) is 11.5 Å². The molecular formula is C16H24N2O2. The highest BCUT2D eigenvalue weighted by Crippen LogP contribution is 2.40. The summed E-state index contributed by atoms with van der Waals surface area (Å²) in [6.07, 6.45) is 1.07. The summed E-state index contributed by atoms with van der Waals surface area (Å²) in [5, 5.41) is 3.39. The lowest BCUT2D eigenvalue weighted by Crippen LogP contribution is -2.44. The maximum Gasteiger partial charge on any atom is 0.246 e. The number of nitrogens with zero attached hydrogens (tertiary/aromatic N) is 1. The van der Waals surface area contributed by atoms with E-state index in [1.54, 1.807) is 0 Å². The van der Waals surface area contributed by atoms with Gasteiger partial charge in [0.25, 0.3) is 0 Å². The third-order valence-electron chi connectivity index (χ3n) is 4.02. The number of fused-ring (bicyclic) bond motifs is 1. The van der Waals surface area contributed by atoms with Gasteiger partial charge in [0, 0.05) is 46.6 Å². The van der Waals surface area contributed by atoms with E-state index < -0.39 is 5.79 Å². The van der Waals surface area contributed by atoms with Gasteiger partial charge in [-0.15, -0.1) is 0 Å². The van der Waals surface area contributed by atoms with Gasteiger partial charge < -0.3 is 19.7 Å². The van der Waals surface area contributed by atoms with Crippen LogP contribution in [0.25, 0.3) is 0 Å². The Morgan fingerprint density at radius 1 is 1.15 bits per heavy atom. The third-order valence-corrected chi connectivity index (χ3v) is 4.02. The van der Waals surface area contributed by atoms with Gasteiger partial charge in [-0.1, -0.05) is 0 Å². The molecule has 1 aromatic carbocycles. The van der Waals surface area contributed by atoms with E-state index in [4.69, 9.17) is 9.47 Å². The number of ether oxygens (including phenoxy) is 2. The Hall–Kier alpha value is -1.26. The number of piperazine rings is 1. The van der Waals surface area contributed by atoms with Gasteiger partial charge in [0.1, 0.15) is 0 Å². The van der Waals surface area contributed by atoms with Crippen molar-refractivity contribution < 1.29 is 9.47 Å². The van der Waals surface area contributed by atoms with Gasteiger partial charge in [-0.05, 0) is 36.6 Å². The van der Waals surface area contributed by atoms with Crippen LogP contribution in [0.15, 0.2) is 12.1 Å². The number of aryl methyl sites for hydroxylation is 1. The van der Waals surface area contributed by atoms with E-state index in [1.165, 1.54) is 11.1 Å². The zero-order valence-corrected chi connectivity index (χ0v) is 12.7. The molecule has 0 unspecified atom stereocenters. The van der Waals surface area contributed by atoms with E-state index in [0.29, 0.717) is 0 Å². The maximum absolute atomic E-state index is 5.84. The quantitative estimate of drug-likeness (QED) is 0.915. The minimum Gasteiger partial charge on any atom is -0.449 e. The predicted octanol–water partition coefficient (Wildman–Crippen LogP) is 1.95. The van der Waals surface area contributed by atoms with Crippen LogP contribution in [0.2, 0.25) is 0 Å². The summed E-state index contributed by atoms with van der Waals surface area (Å²) >= 11 is 0. The number of benzene rings is 1. The van der Waals surface area contributed by atoms with Crippen molar-refractivity contribution in [3.05, 3.63) is 23.3 Å². The normalized spacial score (nSPS) is 21.1. The Morgan fingerprint density at radius 2 is 1.80 bits per heavy atom. The second-order valence-electron chi connectivity index (χ2n) is 6.17. The minimum atomic E-state index is -0.536. The highest BCUT2D eigenvalue weighted by atomic mass is 16.7. The van der Waals surface area contributed by atoms with E-state index >= 15 is 0 Å². The van der Waals surface area contributed by atoms with Crippen LogP contribution in [0, 0.1) is 6.92 Å². The molecule has 2 heterocycles. The molecule has 0 aromatic heterocycles. The summed E-state index contributed by atoms with van der Waals surface area (Å²) in [7, 11) is 0. The van der Waals surface area contributed by atoms with Gasteiger partial charge in [-0.2, -0.15) is 0 Å². The van der Waals surface area contributed by atoms with Gasteiger partial charge in [0.2, 0.25) is 5.79 Å². The predicted molar refractivity (Wildman–Crippen MR) is 79.5 cm³/mol. The van der Waals surface area contributed by atoms with Crippen LogP contribution < -0.4 is 14.8 Å². The fourth-order valence-electron chi connectivity index (χ4n) is 2.90. The molecule has 1 aromatic rings. The Morgan fingerprint density at radius 3 is 2.50 bits per heavy atom. The Labute approximate surface area is 121 Å². The SMILES string of the molecule is Cc1cc2c(cc1CCN1CCNCC1)OC(C)(C)O2. The molecule has 0 amide bonds. The van der Waals surface area contributed by atoms with Crippen LogP contribution in [-0.4, -0.2) is 43.4 Å². The van der Waals surface area contributed by atoms with Gasteiger partial charge in [0.05, 0.1) is 0 Å². The summed E-state index contributed by atoms with van der Waals surface area (Å²) in [6.45, 7) is 11.7. The molecule has 0 atom stereocenters. The van der Waals surface area contributed by atoms with Crippen LogP contribution in [-0.2, 0) is 6.42 Å². The summed E-state index contributed by atoms with van der Waals surface area (Å²) in [4.78, 5) is 2.52. The van der Waals surface area contributed by atoms with Crippen LogP contribution in [0.5, 0.6) is 11.5 Å². The first-order valence-corrected chi connectivity index (χ1v) is 7.48. The van der Waals surface area contributed by atoms with Crippen molar-refractivity contribution in [1.29, 1.82) is 0 Å². The van der Waals surface area contributed by atoms with E-state index in [0.717, 1.165) is 50.6 Å². The average molecular weight is 276 g/mol. The van der Waals surface area contributed by atoms with Crippen LogP contribution in [0.4, 0.5) is 0 Å². The highest BCUT2D eigenvalue weighted by Gasteiger charge is 2.32. The van der Waals surface area contributed by atoms with E-state index in [-0.39, 0.29) is 0 Å². The maximum atomic E-state index is 5.84. The van der Waals surface area contributed by atoms with Gasteiger partial charge in [-0.25, -0.2) is 0 Å². The first kappa shape index (κ1) is 13.7. The lowest BCUT2D eigenvalue weighted by Gasteiger charge is -2.27. The van der Waals surface area contributed by atoms with Crippen LogP contribution >= 0.6 is 0 Å². The summed E-state index contributed by atoms with van der Waals surface area (Å²) < 4.78 is 11.6. The molecule has 2 aliphatic rings. The van der Waals surface area contributed by atoms with Gasteiger partial charge >= 0.3 is 0 Å². The lowest BCUT2D eigenvalue weighted by molar-refractivity contribution is -0.0431. The smallest absolute Gasteiger partial charge is 0.246 e. The molecule has 0 spiro atoms. The second kappa shape index (κ2) is 5.26. The molecule has 1 saturated heterocycles. The molecule has 0 radical (unpaired) electrons. The van der Waals surface area contributed by atoms with Crippen molar-refractivity contribution in [2.75, 3.05) is 32.7 Å². The molecular weight excluding hydrogens is 252 g/mol. The Kier molecular flexibility index (Phi) is 3.61. The van der Waals surface area contributed by atoms with Crippen molar-refractivity contribution >= 4 is 0 Å². The fraction of sp³-hybridized carbons (Fsp3) is 0.625. The molecule has 2 aliphatic heterocycles.